The minimum absolute atomic E-state index is 0.170. The quantitative estimate of drug-likeness (QED) is 0.622. The minimum atomic E-state index is -0.429. The van der Waals surface area contributed by atoms with Crippen molar-refractivity contribution < 1.29 is 9.53 Å². The van der Waals surface area contributed by atoms with Crippen LogP contribution in [0, 0.1) is 0 Å². The van der Waals surface area contributed by atoms with Gasteiger partial charge in [0.1, 0.15) is 0 Å². The average Bonchev–Trinajstić information content (AvgIpc) is 2.96. The molecular weight excluding hydrogens is 348 g/mol. The maximum Gasteiger partial charge on any atom is 0.255 e. The topological polar surface area (TPSA) is 97.0 Å². The number of aromatic amines is 1. The molecule has 1 atom stereocenters. The summed E-state index contributed by atoms with van der Waals surface area (Å²) in [6, 6.07) is 1.26. The number of hydrogen-bond donors (Lipinski definition) is 2. The van der Waals surface area contributed by atoms with E-state index in [4.69, 9.17) is 4.74 Å². The highest BCUT2D eigenvalue weighted by molar-refractivity contribution is 8.00. The molecule has 0 radical (unpaired) electrons. The van der Waals surface area contributed by atoms with Gasteiger partial charge in [-0.3, -0.25) is 9.59 Å². The van der Waals surface area contributed by atoms with Gasteiger partial charge in [0.2, 0.25) is 11.8 Å². The van der Waals surface area contributed by atoms with E-state index in [0.717, 1.165) is 25.0 Å². The van der Waals surface area contributed by atoms with Crippen molar-refractivity contribution in [1.29, 1.82) is 0 Å². The number of aryl methyl sites for hydroxylation is 2. The van der Waals surface area contributed by atoms with E-state index in [1.807, 2.05) is 0 Å². The van der Waals surface area contributed by atoms with Crippen LogP contribution in [0.5, 0.6) is 5.88 Å². The van der Waals surface area contributed by atoms with Crippen LogP contribution in [-0.2, 0) is 17.6 Å². The summed E-state index contributed by atoms with van der Waals surface area (Å²) in [5.74, 6) is 0.0537. The Labute approximate surface area is 147 Å². The van der Waals surface area contributed by atoms with Gasteiger partial charge in [0, 0.05) is 4.88 Å². The van der Waals surface area contributed by atoms with Crippen LogP contribution in [0.15, 0.2) is 16.0 Å². The first-order valence-electron chi connectivity index (χ1n) is 7.66. The van der Waals surface area contributed by atoms with Gasteiger partial charge in [-0.2, -0.15) is 4.98 Å². The molecular formula is C15H18N4O3S2. The van der Waals surface area contributed by atoms with Gasteiger partial charge in [-0.05, 0) is 32.6 Å². The first kappa shape index (κ1) is 17.0. The van der Waals surface area contributed by atoms with Crippen LogP contribution in [-0.4, -0.2) is 33.2 Å². The van der Waals surface area contributed by atoms with Gasteiger partial charge in [-0.25, -0.2) is 4.98 Å². The number of carbonyl (C=O) groups excluding carboxylic acids is 1. The largest absolute Gasteiger partial charge is 0.481 e. The lowest BCUT2D eigenvalue weighted by Crippen LogP contribution is -2.23. The van der Waals surface area contributed by atoms with Crippen molar-refractivity contribution in [2.24, 2.45) is 0 Å². The molecule has 0 fully saturated rings. The van der Waals surface area contributed by atoms with E-state index in [-0.39, 0.29) is 17.3 Å². The molecule has 0 bridgehead atoms. The molecule has 24 heavy (non-hydrogen) atoms. The second kappa shape index (κ2) is 7.35. The van der Waals surface area contributed by atoms with E-state index in [9.17, 15) is 9.59 Å². The monoisotopic (exact) mass is 366 g/mol. The van der Waals surface area contributed by atoms with E-state index in [1.54, 1.807) is 18.3 Å². The normalized spacial score (nSPS) is 14.8. The minimum Gasteiger partial charge on any atom is -0.481 e. The molecule has 2 heterocycles. The Kier molecular flexibility index (Phi) is 5.20. The number of hydrogen-bond acceptors (Lipinski definition) is 7. The number of amides is 1. The smallest absolute Gasteiger partial charge is 0.255 e. The van der Waals surface area contributed by atoms with Crippen molar-refractivity contribution in [1.82, 2.24) is 15.0 Å². The van der Waals surface area contributed by atoms with Crippen LogP contribution in [0.1, 0.15) is 30.3 Å². The van der Waals surface area contributed by atoms with Crippen molar-refractivity contribution in [3.8, 4) is 5.88 Å². The third kappa shape index (κ3) is 3.96. The first-order valence-corrected chi connectivity index (χ1v) is 9.36. The third-order valence-corrected chi connectivity index (χ3v) is 5.70. The molecule has 0 aliphatic heterocycles. The molecule has 7 nitrogen and oxygen atoms in total. The SMILES string of the molecule is COc1cc(=O)[nH]c(S[C@H](C)C(=O)Nc2nc3c(s2)CCCC3)n1. The lowest BCUT2D eigenvalue weighted by molar-refractivity contribution is -0.115. The fourth-order valence-corrected chi connectivity index (χ4v) is 4.26. The molecule has 0 saturated heterocycles. The van der Waals surface area contributed by atoms with Crippen LogP contribution >= 0.6 is 23.1 Å². The zero-order valence-electron chi connectivity index (χ0n) is 13.4. The molecule has 2 aromatic rings. The highest BCUT2D eigenvalue weighted by atomic mass is 32.2. The summed E-state index contributed by atoms with van der Waals surface area (Å²) in [6.07, 6.45) is 4.37. The Morgan fingerprint density at radius 2 is 2.21 bits per heavy atom. The van der Waals surface area contributed by atoms with Crippen LogP contribution in [0.25, 0.3) is 0 Å². The Morgan fingerprint density at radius 1 is 1.42 bits per heavy atom. The zero-order chi connectivity index (χ0) is 17.1. The van der Waals surface area contributed by atoms with Gasteiger partial charge >= 0.3 is 0 Å². The third-order valence-electron chi connectivity index (χ3n) is 3.64. The van der Waals surface area contributed by atoms with Gasteiger partial charge in [0.05, 0.1) is 24.1 Å². The molecule has 0 saturated carbocycles. The summed E-state index contributed by atoms with van der Waals surface area (Å²) in [6.45, 7) is 1.76. The Morgan fingerprint density at radius 3 is 2.96 bits per heavy atom. The van der Waals surface area contributed by atoms with Crippen molar-refractivity contribution in [3.63, 3.8) is 0 Å². The summed E-state index contributed by atoms with van der Waals surface area (Å²) in [7, 11) is 1.44. The van der Waals surface area contributed by atoms with E-state index >= 15 is 0 Å². The highest BCUT2D eigenvalue weighted by Gasteiger charge is 2.20. The number of ether oxygens (including phenoxy) is 1. The summed E-state index contributed by atoms with van der Waals surface area (Å²) in [5, 5.41) is 3.42. The molecule has 0 spiro atoms. The Balaban J connectivity index is 1.65. The predicted molar refractivity (Wildman–Crippen MR) is 94.1 cm³/mol. The van der Waals surface area contributed by atoms with Crippen molar-refractivity contribution in [2.45, 2.75) is 43.0 Å². The van der Waals surface area contributed by atoms with Gasteiger partial charge in [-0.1, -0.05) is 11.8 Å². The first-order chi connectivity index (χ1) is 11.5. The molecule has 1 aliphatic carbocycles. The fourth-order valence-electron chi connectivity index (χ4n) is 2.41. The van der Waals surface area contributed by atoms with E-state index in [1.165, 1.54) is 36.2 Å². The number of anilines is 1. The second-order valence-corrected chi connectivity index (χ2v) is 7.85. The maximum absolute atomic E-state index is 12.4. The lowest BCUT2D eigenvalue weighted by atomic mass is 10.0. The van der Waals surface area contributed by atoms with Crippen LogP contribution in [0.4, 0.5) is 5.13 Å². The number of rotatable bonds is 5. The number of thioether (sulfide) groups is 1. The molecule has 0 aromatic carbocycles. The van der Waals surface area contributed by atoms with Gasteiger partial charge in [0.15, 0.2) is 10.3 Å². The molecule has 0 unspecified atom stereocenters. The molecule has 1 amide bonds. The molecule has 9 heteroatoms. The number of methoxy groups -OCH3 is 1. The van der Waals surface area contributed by atoms with Gasteiger partial charge in [-0.15, -0.1) is 11.3 Å². The summed E-state index contributed by atoms with van der Waals surface area (Å²) >= 11 is 2.72. The highest BCUT2D eigenvalue weighted by Crippen LogP contribution is 2.30. The Hall–Kier alpha value is -1.87. The van der Waals surface area contributed by atoms with E-state index in [2.05, 4.69) is 20.3 Å². The maximum atomic E-state index is 12.4. The zero-order valence-corrected chi connectivity index (χ0v) is 15.1. The number of carbonyl (C=O) groups is 1. The van der Waals surface area contributed by atoms with Crippen LogP contribution < -0.4 is 15.6 Å². The van der Waals surface area contributed by atoms with Gasteiger partial charge in [0.25, 0.3) is 5.56 Å². The lowest BCUT2D eigenvalue weighted by Gasteiger charge is -2.10. The Bertz CT molecular complexity index is 779. The second-order valence-electron chi connectivity index (χ2n) is 5.44. The summed E-state index contributed by atoms with van der Waals surface area (Å²) < 4.78 is 4.97. The number of nitrogens with one attached hydrogen (secondary N) is 2. The average molecular weight is 366 g/mol. The van der Waals surface area contributed by atoms with Crippen molar-refractivity contribution in [2.75, 3.05) is 12.4 Å². The number of fused-ring (bicyclic) bond motifs is 1. The molecule has 1 aliphatic rings. The van der Waals surface area contributed by atoms with E-state index < -0.39 is 5.25 Å². The van der Waals surface area contributed by atoms with Crippen molar-refractivity contribution in [3.05, 3.63) is 27.0 Å². The molecule has 2 N–H and O–H groups in total. The van der Waals surface area contributed by atoms with Crippen molar-refractivity contribution >= 4 is 34.1 Å². The standard InChI is InChI=1S/C15H18N4O3S2/c1-8(23-15-17-11(20)7-12(18-15)22-2)13(21)19-14-16-9-5-3-4-6-10(9)24-14/h7-8H,3-6H2,1-2H3,(H,16,19,21)(H,17,18,20)/t8-/m1/s1. The van der Waals surface area contributed by atoms with Crippen LogP contribution in [0.2, 0.25) is 0 Å². The van der Waals surface area contributed by atoms with Gasteiger partial charge < -0.3 is 15.0 Å². The summed E-state index contributed by atoms with van der Waals surface area (Å²) in [4.78, 5) is 36.4. The molecule has 128 valence electrons. The number of H-pyrrole nitrogens is 1. The number of aromatic nitrogens is 3. The number of nitrogens with zero attached hydrogens (tertiary/aromatic N) is 2. The molecule has 3 rings (SSSR count). The fraction of sp³-hybridized carbons (Fsp3) is 0.467. The molecule has 2 aromatic heterocycles. The summed E-state index contributed by atoms with van der Waals surface area (Å²) in [5.41, 5.74) is 0.796. The number of thiazole rings is 1. The predicted octanol–water partition coefficient (Wildman–Crippen LogP) is 2.23. The van der Waals surface area contributed by atoms with E-state index in [0.29, 0.717) is 10.3 Å². The van der Waals surface area contributed by atoms with Crippen LogP contribution in [0.3, 0.4) is 0 Å².